The molecule has 0 atom stereocenters. The summed E-state index contributed by atoms with van der Waals surface area (Å²) in [4.78, 5) is 33.9. The van der Waals surface area contributed by atoms with Crippen LogP contribution in [-0.4, -0.2) is 47.7 Å². The van der Waals surface area contributed by atoms with E-state index in [4.69, 9.17) is 4.74 Å². The van der Waals surface area contributed by atoms with Crippen molar-refractivity contribution in [1.29, 1.82) is 0 Å². The summed E-state index contributed by atoms with van der Waals surface area (Å²) in [7, 11) is -3.79. The van der Waals surface area contributed by atoms with Gasteiger partial charge in [0.25, 0.3) is 11.6 Å². The quantitative estimate of drug-likeness (QED) is 0.428. The molecule has 11 nitrogen and oxygen atoms in total. The van der Waals surface area contributed by atoms with Crippen LogP contribution in [0.25, 0.3) is 0 Å². The van der Waals surface area contributed by atoms with Crippen molar-refractivity contribution in [2.24, 2.45) is 0 Å². The molecule has 138 valence electrons. The number of carbonyl (C=O) groups is 2. The van der Waals surface area contributed by atoms with E-state index in [-0.39, 0.29) is 27.8 Å². The third-order valence-corrected chi connectivity index (χ3v) is 4.71. The van der Waals surface area contributed by atoms with Gasteiger partial charge in [0.15, 0.2) is 14.8 Å². The van der Waals surface area contributed by atoms with Crippen LogP contribution in [0.3, 0.4) is 0 Å². The summed E-state index contributed by atoms with van der Waals surface area (Å²) in [5, 5.41) is 16.8. The van der Waals surface area contributed by atoms with Crippen LogP contribution in [-0.2, 0) is 14.6 Å². The van der Waals surface area contributed by atoms with Gasteiger partial charge in [-0.3, -0.25) is 14.9 Å². The number of nitro benzene ring substituents is 1. The molecule has 2 rings (SSSR count). The highest BCUT2D eigenvalue weighted by Crippen LogP contribution is 2.24. The maximum atomic E-state index is 12.4. The van der Waals surface area contributed by atoms with E-state index in [0.29, 0.717) is 11.5 Å². The lowest BCUT2D eigenvalue weighted by molar-refractivity contribution is -0.385. The summed E-state index contributed by atoms with van der Waals surface area (Å²) < 4.78 is 31.7. The molecule has 0 bridgehead atoms. The summed E-state index contributed by atoms with van der Waals surface area (Å²) in [6.45, 7) is 1.68. The number of ether oxygens (including phenoxy) is 1. The fourth-order valence-electron chi connectivity index (χ4n) is 1.81. The number of amides is 1. The predicted molar refractivity (Wildman–Crippen MR) is 90.0 cm³/mol. The van der Waals surface area contributed by atoms with E-state index in [1.54, 1.807) is 6.92 Å². The Kier molecular flexibility index (Phi) is 5.62. The van der Waals surface area contributed by atoms with Crippen LogP contribution in [0.15, 0.2) is 23.1 Å². The van der Waals surface area contributed by atoms with Crippen LogP contribution >= 0.6 is 11.5 Å². The molecule has 1 amide bonds. The number of benzene rings is 1. The van der Waals surface area contributed by atoms with E-state index in [2.05, 4.69) is 14.9 Å². The summed E-state index contributed by atoms with van der Waals surface area (Å²) in [5.74, 6) is -1.66. The molecule has 0 saturated carbocycles. The van der Waals surface area contributed by atoms with Crippen LogP contribution < -0.4 is 5.32 Å². The van der Waals surface area contributed by atoms with E-state index in [1.165, 1.54) is 0 Å². The Morgan fingerprint density at radius 1 is 1.35 bits per heavy atom. The number of non-ortho nitro benzene ring substituents is 1. The molecule has 13 heteroatoms. The van der Waals surface area contributed by atoms with E-state index in [0.717, 1.165) is 24.5 Å². The average molecular weight is 400 g/mol. The monoisotopic (exact) mass is 400 g/mol. The Morgan fingerprint density at radius 2 is 2.04 bits per heavy atom. The Balaban J connectivity index is 2.39. The number of anilines is 1. The molecular weight excluding hydrogens is 388 g/mol. The van der Waals surface area contributed by atoms with Crippen LogP contribution in [0.1, 0.15) is 27.8 Å². The molecule has 0 spiro atoms. The molecule has 1 N–H and O–H groups in total. The predicted octanol–water partition coefficient (Wildman–Crippen LogP) is 1.28. The third kappa shape index (κ3) is 4.37. The standard InChI is InChI=1S/C13H12N4O7S2/c1-3-24-13(19)10-12(25-16-15-10)14-11(18)7-4-8(17(20)21)6-9(5-7)26(2,22)23/h4-6H,3H2,1-2H3,(H,14,18). The highest BCUT2D eigenvalue weighted by Gasteiger charge is 2.23. The van der Waals surface area contributed by atoms with Crippen molar-refractivity contribution in [3.8, 4) is 0 Å². The number of nitro groups is 1. The number of nitrogens with zero attached hydrogens (tertiary/aromatic N) is 3. The highest BCUT2D eigenvalue weighted by atomic mass is 32.2. The largest absolute Gasteiger partial charge is 0.461 e. The molecule has 26 heavy (non-hydrogen) atoms. The zero-order chi connectivity index (χ0) is 19.5. The maximum absolute atomic E-state index is 12.4. The van der Waals surface area contributed by atoms with Gasteiger partial charge >= 0.3 is 5.97 Å². The molecule has 0 radical (unpaired) electrons. The summed E-state index contributed by atoms with van der Waals surface area (Å²) in [6.07, 6.45) is 0.861. The van der Waals surface area contributed by atoms with Crippen LogP contribution in [0, 0.1) is 10.1 Å². The zero-order valence-corrected chi connectivity index (χ0v) is 15.1. The van der Waals surface area contributed by atoms with Crippen molar-refractivity contribution >= 4 is 43.9 Å². The smallest absolute Gasteiger partial charge is 0.362 e. The van der Waals surface area contributed by atoms with Gasteiger partial charge in [0.1, 0.15) is 0 Å². The summed E-state index contributed by atoms with van der Waals surface area (Å²) >= 11 is 0.701. The van der Waals surface area contributed by atoms with Gasteiger partial charge in [0.05, 0.1) is 16.4 Å². The van der Waals surface area contributed by atoms with Gasteiger partial charge in [-0.2, -0.15) is 0 Å². The van der Waals surface area contributed by atoms with Crippen molar-refractivity contribution in [2.45, 2.75) is 11.8 Å². The Bertz CT molecular complexity index is 984. The van der Waals surface area contributed by atoms with Crippen molar-refractivity contribution in [1.82, 2.24) is 9.59 Å². The van der Waals surface area contributed by atoms with E-state index >= 15 is 0 Å². The minimum atomic E-state index is -3.79. The summed E-state index contributed by atoms with van der Waals surface area (Å²) in [6, 6.07) is 2.77. The molecule has 0 aliphatic carbocycles. The number of hydrogen-bond donors (Lipinski definition) is 1. The van der Waals surface area contributed by atoms with Gasteiger partial charge < -0.3 is 10.1 Å². The van der Waals surface area contributed by atoms with E-state index < -0.39 is 32.3 Å². The molecule has 0 unspecified atom stereocenters. The molecule has 0 fully saturated rings. The molecular formula is C13H12N4O7S2. The number of nitrogens with one attached hydrogen (secondary N) is 1. The lowest BCUT2D eigenvalue weighted by atomic mass is 10.2. The van der Waals surface area contributed by atoms with Crippen LogP contribution in [0.5, 0.6) is 0 Å². The Morgan fingerprint density at radius 3 is 2.62 bits per heavy atom. The minimum absolute atomic E-state index is 0.0270. The molecule has 0 aliphatic heterocycles. The lowest BCUT2D eigenvalue weighted by Gasteiger charge is -2.06. The highest BCUT2D eigenvalue weighted by molar-refractivity contribution is 7.90. The number of carbonyl (C=O) groups excluding carboxylic acids is 2. The fraction of sp³-hybridized carbons (Fsp3) is 0.231. The molecule has 0 aliphatic rings. The molecule has 1 aromatic heterocycles. The van der Waals surface area contributed by atoms with Crippen molar-refractivity contribution in [2.75, 3.05) is 18.2 Å². The first-order valence-electron chi connectivity index (χ1n) is 6.93. The molecule has 1 aromatic carbocycles. The van der Waals surface area contributed by atoms with E-state index in [1.807, 2.05) is 0 Å². The number of aromatic nitrogens is 2. The van der Waals surface area contributed by atoms with Gasteiger partial charge in [0.2, 0.25) is 5.69 Å². The zero-order valence-electron chi connectivity index (χ0n) is 13.5. The van der Waals surface area contributed by atoms with Gasteiger partial charge in [-0.15, -0.1) is 5.10 Å². The summed E-state index contributed by atoms with van der Waals surface area (Å²) in [5.41, 5.74) is -1.06. The maximum Gasteiger partial charge on any atom is 0.362 e. The fourth-order valence-corrected chi connectivity index (χ4v) is 3.04. The van der Waals surface area contributed by atoms with Crippen molar-refractivity contribution < 1.29 is 27.7 Å². The van der Waals surface area contributed by atoms with E-state index in [9.17, 15) is 28.1 Å². The topological polar surface area (TPSA) is 158 Å². The molecule has 2 aromatic rings. The van der Waals surface area contributed by atoms with Gasteiger partial charge in [-0.05, 0) is 13.0 Å². The number of hydrogen-bond acceptors (Lipinski definition) is 10. The van der Waals surface area contributed by atoms with Gasteiger partial charge in [0, 0.05) is 35.5 Å². The SMILES string of the molecule is CCOC(=O)c1nnsc1NC(=O)c1cc([N+](=O)[O-])cc(S(C)(=O)=O)c1. The molecule has 1 heterocycles. The second-order valence-electron chi connectivity index (χ2n) is 4.87. The first-order chi connectivity index (χ1) is 12.1. The minimum Gasteiger partial charge on any atom is -0.461 e. The number of rotatable bonds is 6. The van der Waals surface area contributed by atoms with Gasteiger partial charge in [-0.25, -0.2) is 13.2 Å². The number of esters is 1. The van der Waals surface area contributed by atoms with Crippen LogP contribution in [0.2, 0.25) is 0 Å². The normalized spacial score (nSPS) is 11.0. The first kappa shape index (κ1) is 19.4. The number of sulfone groups is 1. The van der Waals surface area contributed by atoms with Crippen molar-refractivity contribution in [3.05, 3.63) is 39.6 Å². The van der Waals surface area contributed by atoms with Crippen molar-refractivity contribution in [3.63, 3.8) is 0 Å². The Labute approximate surface area is 151 Å². The molecule has 0 saturated heterocycles. The third-order valence-electron chi connectivity index (χ3n) is 2.98. The average Bonchev–Trinajstić information content (AvgIpc) is 3.02. The second kappa shape index (κ2) is 7.53. The first-order valence-corrected chi connectivity index (χ1v) is 9.60. The second-order valence-corrected chi connectivity index (χ2v) is 7.64. The van der Waals surface area contributed by atoms with Crippen LogP contribution in [0.4, 0.5) is 10.7 Å². The van der Waals surface area contributed by atoms with Gasteiger partial charge in [-0.1, -0.05) is 4.49 Å². The lowest BCUT2D eigenvalue weighted by Crippen LogP contribution is -2.16. The Hall–Kier alpha value is -2.93.